The van der Waals surface area contributed by atoms with Gasteiger partial charge >= 0.3 is 11.9 Å². The molecule has 202 valence electrons. The van der Waals surface area contributed by atoms with Crippen LogP contribution in [0.3, 0.4) is 0 Å². The van der Waals surface area contributed by atoms with Gasteiger partial charge in [-0.15, -0.1) is 0 Å². The molecule has 0 aliphatic carbocycles. The fourth-order valence-corrected chi connectivity index (χ4v) is 6.43. The number of carbonyl (C=O) groups is 2. The van der Waals surface area contributed by atoms with Crippen LogP contribution >= 0.6 is 0 Å². The molecule has 4 heterocycles. The maximum Gasteiger partial charge on any atom is 0.338 e. The highest BCUT2D eigenvalue weighted by Crippen LogP contribution is 2.32. The number of fused-ring (bicyclic) bond motifs is 4. The van der Waals surface area contributed by atoms with Crippen molar-refractivity contribution >= 4 is 11.9 Å². The van der Waals surface area contributed by atoms with Crippen LogP contribution in [0.5, 0.6) is 0 Å². The lowest BCUT2D eigenvalue weighted by Gasteiger charge is -2.50. The fraction of sp³-hybridized carbons (Fsp3) is 0.517. The van der Waals surface area contributed by atoms with E-state index in [0.29, 0.717) is 43.9 Å². The average Bonchev–Trinajstić information content (AvgIpc) is 3.25. The van der Waals surface area contributed by atoms with Gasteiger partial charge in [-0.2, -0.15) is 0 Å². The molecule has 0 radical (unpaired) electrons. The Hall–Kier alpha value is -2.82. The van der Waals surface area contributed by atoms with Crippen molar-refractivity contribution in [2.45, 2.75) is 57.3 Å². The Labute approximate surface area is 221 Å². The highest BCUT2D eigenvalue weighted by molar-refractivity contribution is 5.94. The SMILES string of the molecule is Cc1c(C(O)CN2C3COCC2CN(CC(O)c2ccc4c(c2)C[C@@H](C)OC4=O)C3)ccc2c1COC2=O. The second-order valence-corrected chi connectivity index (χ2v) is 11.0. The first kappa shape index (κ1) is 25.5. The summed E-state index contributed by atoms with van der Waals surface area (Å²) in [5.74, 6) is -0.607. The predicted molar refractivity (Wildman–Crippen MR) is 137 cm³/mol. The van der Waals surface area contributed by atoms with Crippen LogP contribution in [0.25, 0.3) is 0 Å². The molecule has 9 heteroatoms. The van der Waals surface area contributed by atoms with Crippen molar-refractivity contribution < 1.29 is 34.0 Å². The van der Waals surface area contributed by atoms with Crippen LogP contribution in [0.1, 0.15) is 67.7 Å². The first-order valence-electron chi connectivity index (χ1n) is 13.3. The Balaban J connectivity index is 1.12. The molecular formula is C29H34N2O7. The topological polar surface area (TPSA) is 109 Å². The summed E-state index contributed by atoms with van der Waals surface area (Å²) in [6, 6.07) is 9.30. The summed E-state index contributed by atoms with van der Waals surface area (Å²) >= 11 is 0. The molecule has 0 aromatic heterocycles. The number of hydrogen-bond donors (Lipinski definition) is 2. The molecule has 2 aromatic rings. The van der Waals surface area contributed by atoms with Crippen LogP contribution in [-0.4, -0.2) is 89.5 Å². The van der Waals surface area contributed by atoms with E-state index in [9.17, 15) is 19.8 Å². The van der Waals surface area contributed by atoms with E-state index in [1.807, 2.05) is 32.0 Å². The number of cyclic esters (lactones) is 2. The van der Waals surface area contributed by atoms with Gasteiger partial charge in [0.25, 0.3) is 0 Å². The third-order valence-electron chi connectivity index (χ3n) is 8.43. The van der Waals surface area contributed by atoms with Crippen LogP contribution in [0, 0.1) is 6.92 Å². The molecular weight excluding hydrogens is 488 g/mol. The molecule has 4 aliphatic heterocycles. The van der Waals surface area contributed by atoms with Gasteiger partial charge in [-0.1, -0.05) is 18.2 Å². The molecule has 2 fully saturated rings. The summed E-state index contributed by atoms with van der Waals surface area (Å²) in [5.41, 5.74) is 5.50. The molecule has 38 heavy (non-hydrogen) atoms. The van der Waals surface area contributed by atoms with E-state index in [1.54, 1.807) is 12.1 Å². The van der Waals surface area contributed by atoms with E-state index >= 15 is 0 Å². The van der Waals surface area contributed by atoms with Gasteiger partial charge in [0.1, 0.15) is 12.7 Å². The Morgan fingerprint density at radius 3 is 2.47 bits per heavy atom. The van der Waals surface area contributed by atoms with Crippen molar-refractivity contribution in [1.29, 1.82) is 0 Å². The maximum atomic E-state index is 12.1. The van der Waals surface area contributed by atoms with Crippen molar-refractivity contribution in [3.8, 4) is 0 Å². The normalized spacial score (nSPS) is 26.8. The minimum Gasteiger partial charge on any atom is -0.459 e. The van der Waals surface area contributed by atoms with E-state index in [4.69, 9.17) is 14.2 Å². The molecule has 6 rings (SSSR count). The van der Waals surface area contributed by atoms with Crippen molar-refractivity contribution in [2.24, 2.45) is 0 Å². The quantitative estimate of drug-likeness (QED) is 0.550. The summed E-state index contributed by atoms with van der Waals surface area (Å²) in [6.07, 6.45) is -0.884. The number of ether oxygens (including phenoxy) is 3. The van der Waals surface area contributed by atoms with Gasteiger partial charge in [0.05, 0.1) is 36.5 Å². The number of esters is 2. The first-order chi connectivity index (χ1) is 18.3. The number of morpholine rings is 1. The van der Waals surface area contributed by atoms with E-state index < -0.39 is 12.2 Å². The molecule has 0 spiro atoms. The van der Waals surface area contributed by atoms with Gasteiger partial charge in [-0.25, -0.2) is 9.59 Å². The Morgan fingerprint density at radius 1 is 0.974 bits per heavy atom. The van der Waals surface area contributed by atoms with Crippen LogP contribution in [0.15, 0.2) is 30.3 Å². The number of aliphatic hydroxyl groups excluding tert-OH is 2. The van der Waals surface area contributed by atoms with Gasteiger partial charge in [0, 0.05) is 50.2 Å². The Morgan fingerprint density at radius 2 is 1.71 bits per heavy atom. The molecule has 0 saturated carbocycles. The Kier molecular flexibility index (Phi) is 6.74. The van der Waals surface area contributed by atoms with Crippen molar-refractivity contribution in [1.82, 2.24) is 9.80 Å². The molecule has 9 nitrogen and oxygen atoms in total. The Bertz CT molecular complexity index is 1250. The molecule has 2 bridgehead atoms. The molecule has 5 atom stereocenters. The maximum absolute atomic E-state index is 12.1. The standard InChI is InChI=1S/C29H34N2O7/c1-16-7-19-8-18(3-4-23(19)29(35)38-16)26(32)11-30-9-20-13-36-14-21(10-30)31(20)12-27(33)22-5-6-24-25(17(22)2)15-37-28(24)34/h3-6,8,16,20-21,26-27,32-33H,7,9-15H2,1-2H3/t16-,20?,21?,26?,27?/m1/s1. The molecule has 4 unspecified atom stereocenters. The first-order valence-corrected chi connectivity index (χ1v) is 13.3. The van der Waals surface area contributed by atoms with Gasteiger partial charge in [0.15, 0.2) is 0 Å². The zero-order valence-electron chi connectivity index (χ0n) is 21.8. The summed E-state index contributed by atoms with van der Waals surface area (Å²) in [4.78, 5) is 28.6. The highest BCUT2D eigenvalue weighted by Gasteiger charge is 2.40. The third-order valence-corrected chi connectivity index (χ3v) is 8.43. The lowest BCUT2D eigenvalue weighted by atomic mass is 9.93. The number of nitrogens with zero attached hydrogens (tertiary/aromatic N) is 2. The lowest BCUT2D eigenvalue weighted by molar-refractivity contribution is -0.113. The zero-order chi connectivity index (χ0) is 26.6. The smallest absolute Gasteiger partial charge is 0.338 e. The number of piperazine rings is 1. The minimum absolute atomic E-state index is 0.100. The number of β-amino-alcohol motifs (C(OH)–C–C–N with tert-alkyl or cyclic N) is 1. The number of aliphatic hydroxyl groups is 2. The van der Waals surface area contributed by atoms with Crippen molar-refractivity contribution in [3.63, 3.8) is 0 Å². The number of benzene rings is 2. The van der Waals surface area contributed by atoms with Gasteiger partial charge in [-0.05, 0) is 48.2 Å². The second kappa shape index (κ2) is 10.1. The van der Waals surface area contributed by atoms with E-state index in [0.717, 1.165) is 40.9 Å². The van der Waals surface area contributed by atoms with Crippen molar-refractivity contribution in [2.75, 3.05) is 39.4 Å². The lowest BCUT2D eigenvalue weighted by Crippen LogP contribution is -2.65. The molecule has 2 N–H and O–H groups in total. The van der Waals surface area contributed by atoms with Crippen LogP contribution in [-0.2, 0) is 27.2 Å². The van der Waals surface area contributed by atoms with Crippen LogP contribution in [0.4, 0.5) is 0 Å². The number of carbonyl (C=O) groups excluding carboxylic acids is 2. The summed E-state index contributed by atoms with van der Waals surface area (Å²) in [7, 11) is 0. The average molecular weight is 523 g/mol. The third kappa shape index (κ3) is 4.63. The predicted octanol–water partition coefficient (Wildman–Crippen LogP) is 1.92. The zero-order valence-corrected chi connectivity index (χ0v) is 21.8. The van der Waals surface area contributed by atoms with Crippen LogP contribution in [0.2, 0.25) is 0 Å². The molecule has 2 aromatic carbocycles. The summed E-state index contributed by atoms with van der Waals surface area (Å²) in [6.45, 7) is 7.62. The van der Waals surface area contributed by atoms with E-state index in [-0.39, 0.29) is 36.7 Å². The van der Waals surface area contributed by atoms with E-state index in [1.165, 1.54) is 0 Å². The number of rotatable bonds is 6. The van der Waals surface area contributed by atoms with Gasteiger partial charge < -0.3 is 24.4 Å². The van der Waals surface area contributed by atoms with Gasteiger partial charge in [-0.3, -0.25) is 9.80 Å². The monoisotopic (exact) mass is 522 g/mol. The fourth-order valence-electron chi connectivity index (χ4n) is 6.43. The van der Waals surface area contributed by atoms with E-state index in [2.05, 4.69) is 9.80 Å². The molecule has 2 saturated heterocycles. The summed E-state index contributed by atoms with van der Waals surface area (Å²) < 4.78 is 16.3. The van der Waals surface area contributed by atoms with Crippen molar-refractivity contribution in [3.05, 3.63) is 69.3 Å². The van der Waals surface area contributed by atoms with Gasteiger partial charge in [0.2, 0.25) is 0 Å². The number of hydrogen-bond acceptors (Lipinski definition) is 9. The largest absolute Gasteiger partial charge is 0.459 e. The molecule has 4 aliphatic rings. The summed E-state index contributed by atoms with van der Waals surface area (Å²) in [5, 5.41) is 22.3. The molecule has 0 amide bonds. The minimum atomic E-state index is -0.694. The van der Waals surface area contributed by atoms with Crippen LogP contribution < -0.4 is 0 Å². The second-order valence-electron chi connectivity index (χ2n) is 11.0. The highest BCUT2D eigenvalue weighted by atomic mass is 16.5.